The van der Waals surface area contributed by atoms with Crippen molar-refractivity contribution in [3.63, 3.8) is 0 Å². The van der Waals surface area contributed by atoms with Gasteiger partial charge in [0.05, 0.1) is 12.7 Å². The number of nitrogens with one attached hydrogen (secondary N) is 1. The molecule has 0 aliphatic heterocycles. The summed E-state index contributed by atoms with van der Waals surface area (Å²) >= 11 is 0. The van der Waals surface area contributed by atoms with E-state index in [9.17, 15) is 9.18 Å². The first kappa shape index (κ1) is 12.3. The van der Waals surface area contributed by atoms with Gasteiger partial charge in [0.1, 0.15) is 5.82 Å². The van der Waals surface area contributed by atoms with Crippen LogP contribution in [-0.2, 0) is 6.54 Å². The zero-order chi connectivity index (χ0) is 13.0. The Kier molecular flexibility index (Phi) is 3.72. The molecule has 0 saturated heterocycles. The molecule has 1 aromatic carbocycles. The van der Waals surface area contributed by atoms with Crippen molar-refractivity contribution in [1.82, 2.24) is 9.78 Å². The summed E-state index contributed by atoms with van der Waals surface area (Å²) in [5.41, 5.74) is 1.55. The second kappa shape index (κ2) is 5.44. The largest absolute Gasteiger partial charge is 0.383 e. The lowest BCUT2D eigenvalue weighted by atomic mass is 10.3. The first-order valence-corrected chi connectivity index (χ1v) is 5.68. The minimum absolute atomic E-state index is 0.115. The van der Waals surface area contributed by atoms with E-state index < -0.39 is 0 Å². The van der Waals surface area contributed by atoms with E-state index in [0.29, 0.717) is 13.1 Å². The van der Waals surface area contributed by atoms with Crippen LogP contribution in [0.5, 0.6) is 0 Å². The van der Waals surface area contributed by atoms with Gasteiger partial charge in [-0.25, -0.2) is 9.07 Å². The Morgan fingerprint density at radius 3 is 2.72 bits per heavy atom. The molecule has 0 spiro atoms. The van der Waals surface area contributed by atoms with Crippen LogP contribution in [0.15, 0.2) is 41.3 Å². The smallest absolute Gasteiger partial charge is 0.267 e. The number of anilines is 1. The minimum atomic E-state index is -0.267. The zero-order valence-corrected chi connectivity index (χ0v) is 10.1. The fourth-order valence-electron chi connectivity index (χ4n) is 1.57. The molecule has 2 rings (SSSR count). The lowest BCUT2D eigenvalue weighted by molar-refractivity contribution is 0.595. The summed E-state index contributed by atoms with van der Waals surface area (Å²) in [4.78, 5) is 11.6. The number of aryl methyl sites for hydroxylation is 1. The van der Waals surface area contributed by atoms with Crippen LogP contribution in [0.3, 0.4) is 0 Å². The van der Waals surface area contributed by atoms with E-state index in [1.54, 1.807) is 24.4 Å². The number of benzene rings is 1. The average molecular weight is 247 g/mol. The van der Waals surface area contributed by atoms with E-state index >= 15 is 0 Å². The lowest BCUT2D eigenvalue weighted by Crippen LogP contribution is -2.25. The quantitative estimate of drug-likeness (QED) is 0.896. The van der Waals surface area contributed by atoms with E-state index in [1.165, 1.54) is 16.8 Å². The summed E-state index contributed by atoms with van der Waals surface area (Å²) in [5, 5.41) is 7.12. The van der Waals surface area contributed by atoms with Crippen molar-refractivity contribution in [3.05, 3.63) is 58.3 Å². The maximum atomic E-state index is 12.7. The first-order chi connectivity index (χ1) is 8.65. The van der Waals surface area contributed by atoms with Crippen LogP contribution in [0.1, 0.15) is 5.56 Å². The number of rotatable bonds is 4. The van der Waals surface area contributed by atoms with Crippen LogP contribution in [0, 0.1) is 12.7 Å². The molecule has 0 bridgehead atoms. The van der Waals surface area contributed by atoms with Gasteiger partial charge in [-0.1, -0.05) is 0 Å². The van der Waals surface area contributed by atoms with E-state index in [-0.39, 0.29) is 11.4 Å². The zero-order valence-electron chi connectivity index (χ0n) is 10.1. The average Bonchev–Trinajstić information content (AvgIpc) is 2.34. The van der Waals surface area contributed by atoms with Crippen molar-refractivity contribution in [1.29, 1.82) is 0 Å². The molecule has 0 aliphatic rings. The second-order valence-electron chi connectivity index (χ2n) is 4.03. The van der Waals surface area contributed by atoms with Gasteiger partial charge in [-0.2, -0.15) is 5.10 Å². The Morgan fingerprint density at radius 2 is 2.06 bits per heavy atom. The van der Waals surface area contributed by atoms with Crippen molar-refractivity contribution >= 4 is 5.69 Å². The predicted molar refractivity (Wildman–Crippen MR) is 68.1 cm³/mol. The minimum Gasteiger partial charge on any atom is -0.383 e. The van der Waals surface area contributed by atoms with E-state index in [0.717, 1.165) is 11.3 Å². The molecule has 4 nitrogen and oxygen atoms in total. The SMILES string of the molecule is Cc1cnn(CCNc2ccc(F)cc2)c(=O)c1. The number of hydrogen-bond donors (Lipinski definition) is 1. The summed E-state index contributed by atoms with van der Waals surface area (Å²) in [6, 6.07) is 7.63. The molecule has 0 aliphatic carbocycles. The highest BCUT2D eigenvalue weighted by molar-refractivity contribution is 5.42. The third-order valence-corrected chi connectivity index (χ3v) is 2.50. The van der Waals surface area contributed by atoms with Crippen molar-refractivity contribution in [2.24, 2.45) is 0 Å². The fraction of sp³-hybridized carbons (Fsp3) is 0.231. The maximum absolute atomic E-state index is 12.7. The molecule has 1 N–H and O–H groups in total. The third-order valence-electron chi connectivity index (χ3n) is 2.50. The highest BCUT2D eigenvalue weighted by Gasteiger charge is 1.98. The molecule has 0 saturated carbocycles. The van der Waals surface area contributed by atoms with Crippen molar-refractivity contribution < 1.29 is 4.39 Å². The predicted octanol–water partition coefficient (Wildman–Crippen LogP) is 1.80. The molecule has 0 fully saturated rings. The summed E-state index contributed by atoms with van der Waals surface area (Å²) in [6.45, 7) is 2.85. The van der Waals surface area contributed by atoms with Crippen LogP contribution < -0.4 is 10.9 Å². The molecule has 18 heavy (non-hydrogen) atoms. The summed E-state index contributed by atoms with van der Waals surface area (Å²) in [6.07, 6.45) is 1.65. The summed E-state index contributed by atoms with van der Waals surface area (Å²) < 4.78 is 14.1. The number of hydrogen-bond acceptors (Lipinski definition) is 3. The Morgan fingerprint density at radius 1 is 1.33 bits per heavy atom. The molecular weight excluding hydrogens is 233 g/mol. The lowest BCUT2D eigenvalue weighted by Gasteiger charge is -2.07. The van der Waals surface area contributed by atoms with Gasteiger partial charge in [-0.3, -0.25) is 4.79 Å². The van der Waals surface area contributed by atoms with Gasteiger partial charge in [-0.05, 0) is 36.8 Å². The molecule has 2 aromatic rings. The first-order valence-electron chi connectivity index (χ1n) is 5.68. The maximum Gasteiger partial charge on any atom is 0.267 e. The van der Waals surface area contributed by atoms with Gasteiger partial charge in [0.15, 0.2) is 0 Å². The van der Waals surface area contributed by atoms with E-state index in [1.807, 2.05) is 6.92 Å². The van der Waals surface area contributed by atoms with Gasteiger partial charge in [0.25, 0.3) is 5.56 Å². The highest BCUT2D eigenvalue weighted by Crippen LogP contribution is 2.07. The molecule has 0 amide bonds. The van der Waals surface area contributed by atoms with Crippen molar-refractivity contribution in [3.8, 4) is 0 Å². The Bertz CT molecular complexity index is 578. The molecule has 1 aromatic heterocycles. The standard InChI is InChI=1S/C13H14FN3O/c1-10-8-13(18)17(16-9-10)7-6-15-12-4-2-11(14)3-5-12/h2-5,8-9,15H,6-7H2,1H3. The summed E-state index contributed by atoms with van der Waals surface area (Å²) in [7, 11) is 0. The third kappa shape index (κ3) is 3.16. The van der Waals surface area contributed by atoms with Crippen molar-refractivity contribution in [2.75, 3.05) is 11.9 Å². The van der Waals surface area contributed by atoms with Crippen LogP contribution in [0.2, 0.25) is 0 Å². The van der Waals surface area contributed by atoms with Crippen LogP contribution in [-0.4, -0.2) is 16.3 Å². The second-order valence-corrected chi connectivity index (χ2v) is 4.03. The van der Waals surface area contributed by atoms with Crippen LogP contribution >= 0.6 is 0 Å². The molecule has 0 unspecified atom stereocenters. The number of halogens is 1. The van der Waals surface area contributed by atoms with Gasteiger partial charge in [0, 0.05) is 18.3 Å². The van der Waals surface area contributed by atoms with Gasteiger partial charge < -0.3 is 5.32 Å². The number of nitrogens with zero attached hydrogens (tertiary/aromatic N) is 2. The number of aromatic nitrogens is 2. The Balaban J connectivity index is 1.92. The fourth-order valence-corrected chi connectivity index (χ4v) is 1.57. The molecule has 0 radical (unpaired) electrons. The Hall–Kier alpha value is -2.17. The Labute approximate surface area is 104 Å². The van der Waals surface area contributed by atoms with E-state index in [2.05, 4.69) is 10.4 Å². The van der Waals surface area contributed by atoms with Gasteiger partial charge in [-0.15, -0.1) is 0 Å². The molecule has 1 heterocycles. The normalized spacial score (nSPS) is 10.3. The molecule has 5 heteroatoms. The molecule has 0 atom stereocenters. The van der Waals surface area contributed by atoms with E-state index in [4.69, 9.17) is 0 Å². The molecule has 94 valence electrons. The van der Waals surface area contributed by atoms with Crippen LogP contribution in [0.4, 0.5) is 10.1 Å². The van der Waals surface area contributed by atoms with Crippen LogP contribution in [0.25, 0.3) is 0 Å². The summed E-state index contributed by atoms with van der Waals surface area (Å²) in [5.74, 6) is -0.267. The highest BCUT2D eigenvalue weighted by atomic mass is 19.1. The topological polar surface area (TPSA) is 46.9 Å². The van der Waals surface area contributed by atoms with Gasteiger partial charge in [0.2, 0.25) is 0 Å². The monoisotopic (exact) mass is 247 g/mol. The van der Waals surface area contributed by atoms with Gasteiger partial charge >= 0.3 is 0 Å². The molecular formula is C13H14FN3O. The van der Waals surface area contributed by atoms with Crippen molar-refractivity contribution in [2.45, 2.75) is 13.5 Å².